The van der Waals surface area contributed by atoms with Crippen molar-refractivity contribution in [1.29, 1.82) is 0 Å². The lowest BCUT2D eigenvalue weighted by Gasteiger charge is -2.19. The van der Waals surface area contributed by atoms with Gasteiger partial charge in [-0.15, -0.1) is 0 Å². The minimum Gasteiger partial charge on any atom is -0.458 e. The fraction of sp³-hybridized carbons (Fsp3) is 0.170. The fourth-order valence-corrected chi connectivity index (χ4v) is 7.29. The van der Waals surface area contributed by atoms with Crippen molar-refractivity contribution in [2.75, 3.05) is 0 Å². The van der Waals surface area contributed by atoms with Gasteiger partial charge in [0.15, 0.2) is 0 Å². The lowest BCUT2D eigenvalue weighted by atomic mass is 9.86. The molecule has 1 unspecified atom stereocenters. The predicted molar refractivity (Wildman–Crippen MR) is 238 cm³/mol. The van der Waals surface area contributed by atoms with Gasteiger partial charge in [0.05, 0.1) is 36.1 Å². The van der Waals surface area contributed by atoms with Crippen LogP contribution in [0.15, 0.2) is 170 Å². The van der Waals surface area contributed by atoms with Crippen molar-refractivity contribution in [2.24, 2.45) is 5.92 Å². The molecule has 6 aromatic carbocycles. The Labute approximate surface area is 356 Å². The van der Waals surface area contributed by atoms with E-state index in [9.17, 15) is 1.37 Å². The van der Waals surface area contributed by atoms with Crippen molar-refractivity contribution in [1.82, 2.24) is 14.1 Å². The summed E-state index contributed by atoms with van der Waals surface area (Å²) >= 11 is 0. The summed E-state index contributed by atoms with van der Waals surface area (Å²) in [6.45, 7) is 12.6. The second-order valence-corrected chi connectivity index (χ2v) is 15.7. The third-order valence-corrected chi connectivity index (χ3v) is 10.6. The average Bonchev–Trinajstić information content (AvgIpc) is 3.94. The zero-order valence-corrected chi connectivity index (χ0v) is 33.2. The lowest BCUT2D eigenvalue weighted by molar-refractivity contribution is -0.598. The number of benzene rings is 6. The monoisotopic (exact) mass is 767 g/mol. The first-order valence-electron chi connectivity index (χ1n) is 24.7. The Morgan fingerprint density at radius 1 is 0.724 bits per heavy atom. The highest BCUT2D eigenvalue weighted by Gasteiger charge is 2.21. The van der Waals surface area contributed by atoms with Crippen LogP contribution in [-0.4, -0.2) is 14.1 Å². The summed E-state index contributed by atoms with van der Waals surface area (Å²) in [6, 6.07) is 23.2. The van der Waals surface area contributed by atoms with Crippen molar-refractivity contribution in [3.63, 3.8) is 0 Å². The van der Waals surface area contributed by atoms with Crippen LogP contribution in [-0.2, 0) is 5.41 Å². The van der Waals surface area contributed by atoms with Gasteiger partial charge in [0, 0.05) is 36.8 Å². The van der Waals surface area contributed by atoms with E-state index < -0.39 is 66.3 Å². The quantitative estimate of drug-likeness (QED) is 0.108. The van der Waals surface area contributed by atoms with E-state index in [0.29, 0.717) is 23.0 Å². The number of pyridine rings is 1. The Kier molecular flexibility index (Phi) is 6.78. The molecule has 286 valence electrons. The summed E-state index contributed by atoms with van der Waals surface area (Å²) in [7, 11) is 0. The van der Waals surface area contributed by atoms with Crippen molar-refractivity contribution in [3.05, 3.63) is 187 Å². The number of rotatable bonds is 9. The van der Waals surface area contributed by atoms with Crippen molar-refractivity contribution in [3.8, 4) is 50.9 Å². The van der Waals surface area contributed by atoms with Gasteiger partial charge in [0.1, 0.15) is 17.3 Å². The maximum atomic E-state index is 9.19. The van der Waals surface area contributed by atoms with Gasteiger partial charge in [-0.3, -0.25) is 13.7 Å². The van der Waals surface area contributed by atoms with E-state index in [-0.39, 0.29) is 39.3 Å². The molecule has 1 atom stereocenters. The zero-order valence-electron chi connectivity index (χ0n) is 44.2. The van der Waals surface area contributed by atoms with Gasteiger partial charge < -0.3 is 4.74 Å². The molecule has 0 saturated carbocycles. The number of para-hydroxylation sites is 1. The van der Waals surface area contributed by atoms with Crippen LogP contribution >= 0.6 is 0 Å². The van der Waals surface area contributed by atoms with Crippen LogP contribution in [0.5, 0.6) is 11.5 Å². The molecule has 0 bridgehead atoms. The first kappa shape index (κ1) is 26.2. The molecular formula is C53H48N4O. The first-order chi connectivity index (χ1) is 32.6. The van der Waals surface area contributed by atoms with E-state index in [1.54, 1.807) is 41.4 Å². The SMILES string of the molecule is [2H]c1c([2H])c([2H])c(-c2cccc(-c3c([2H])c([2H])c([2H])c([2H])c3[2H])c2-[n+]2[c-]n(-c3cccc(Oc4ccc5c6cc(C(C)(C)C)ccc6n(-c6cc(C([2H])(C)C(C)C)ccn6)c5c4)c3)cc2)c([2H])c1[2H]. The molecule has 0 aliphatic carbocycles. The summed E-state index contributed by atoms with van der Waals surface area (Å²) in [6.07, 6.45) is 8.36. The Morgan fingerprint density at radius 3 is 2.10 bits per heavy atom. The van der Waals surface area contributed by atoms with E-state index >= 15 is 0 Å². The van der Waals surface area contributed by atoms with E-state index in [1.165, 1.54) is 10.1 Å². The summed E-state index contributed by atoms with van der Waals surface area (Å²) in [4.78, 5) is 4.84. The maximum Gasteiger partial charge on any atom is 0.268 e. The predicted octanol–water partition coefficient (Wildman–Crippen LogP) is 13.2. The standard InChI is InChI=1S/C53H48N4O/c1-36(2)37(3)40-27-28-54-51(31-40)57-49-26-23-41(53(4,5)6)32-48(49)47-25-24-44(34-50(47)57)58-43-20-13-19-42(33-43)55-29-30-56(35-55)52-45(38-15-9-7-10-16-38)21-14-22-46(52)39-17-11-8-12-18-39/h7-34,36-37H,1-6H3/i7D,8D,9D,10D,11D,12D,15D,16D,17D,18D,37D. The van der Waals surface area contributed by atoms with Crippen LogP contribution in [0.3, 0.4) is 0 Å². The average molecular weight is 768 g/mol. The molecule has 0 saturated heterocycles. The molecule has 0 radical (unpaired) electrons. The van der Waals surface area contributed by atoms with Crippen LogP contribution < -0.4 is 9.30 Å². The molecule has 0 aliphatic rings. The molecule has 5 nitrogen and oxygen atoms in total. The molecule has 3 aromatic heterocycles. The van der Waals surface area contributed by atoms with Crippen LogP contribution in [0.2, 0.25) is 0 Å². The lowest BCUT2D eigenvalue weighted by Crippen LogP contribution is -2.30. The third kappa shape index (κ3) is 6.98. The number of imidazole rings is 1. The van der Waals surface area contributed by atoms with Gasteiger partial charge in [-0.05, 0) is 105 Å². The number of fused-ring (bicyclic) bond motifs is 3. The van der Waals surface area contributed by atoms with Crippen LogP contribution in [0.25, 0.3) is 61.3 Å². The fourth-order valence-electron chi connectivity index (χ4n) is 7.29. The Bertz CT molecular complexity index is 3410. The highest BCUT2D eigenvalue weighted by Crippen LogP contribution is 2.38. The highest BCUT2D eigenvalue weighted by molar-refractivity contribution is 6.09. The Morgan fingerprint density at radius 2 is 1.41 bits per heavy atom. The molecule has 0 fully saturated rings. The Balaban J connectivity index is 1.16. The molecule has 9 aromatic rings. The number of nitrogens with zero attached hydrogens (tertiary/aromatic N) is 4. The maximum absolute atomic E-state index is 9.19. The third-order valence-electron chi connectivity index (χ3n) is 10.6. The van der Waals surface area contributed by atoms with Crippen LogP contribution in [0, 0.1) is 12.2 Å². The summed E-state index contributed by atoms with van der Waals surface area (Å²) in [5.41, 5.74) is 4.65. The van der Waals surface area contributed by atoms with Gasteiger partial charge in [-0.1, -0.05) is 132 Å². The molecule has 0 aliphatic heterocycles. The molecule has 58 heavy (non-hydrogen) atoms. The number of aromatic nitrogens is 4. The normalized spacial score (nSPS) is 15.6. The largest absolute Gasteiger partial charge is 0.458 e. The molecule has 3 heterocycles. The Hall–Kier alpha value is -6.72. The minimum absolute atomic E-state index is 0.0620. The van der Waals surface area contributed by atoms with E-state index in [1.807, 2.05) is 69.3 Å². The minimum atomic E-state index is -0.841. The van der Waals surface area contributed by atoms with Crippen LogP contribution in [0.1, 0.15) is 73.6 Å². The van der Waals surface area contributed by atoms with Crippen LogP contribution in [0.4, 0.5) is 0 Å². The molecule has 0 N–H and O–H groups in total. The van der Waals surface area contributed by atoms with E-state index in [2.05, 4.69) is 55.9 Å². The molecule has 9 rings (SSSR count). The second kappa shape index (κ2) is 15.0. The van der Waals surface area contributed by atoms with Crippen molar-refractivity contribution < 1.29 is 24.4 Å². The number of hydrogen-bond acceptors (Lipinski definition) is 2. The summed E-state index contributed by atoms with van der Waals surface area (Å²) in [5.74, 6) is 0.970. The van der Waals surface area contributed by atoms with Gasteiger partial charge in [0.25, 0.3) is 6.33 Å². The zero-order chi connectivity index (χ0) is 49.6. The molecular weight excluding hydrogens is 709 g/mol. The first-order valence-corrected chi connectivity index (χ1v) is 19.2. The van der Waals surface area contributed by atoms with Gasteiger partial charge in [-0.25, -0.2) is 4.98 Å². The summed E-state index contributed by atoms with van der Waals surface area (Å²) in [5, 5.41) is 2.08. The van der Waals surface area contributed by atoms with Crippen molar-refractivity contribution in [2.45, 2.75) is 52.9 Å². The molecule has 0 amide bonds. The topological polar surface area (TPSA) is 35.9 Å². The molecule has 5 heteroatoms. The van der Waals surface area contributed by atoms with Gasteiger partial charge in [0.2, 0.25) is 0 Å². The van der Waals surface area contributed by atoms with Gasteiger partial charge in [-0.2, -0.15) is 0 Å². The summed E-state index contributed by atoms with van der Waals surface area (Å²) < 4.78 is 107. The number of ether oxygens (including phenoxy) is 1. The smallest absolute Gasteiger partial charge is 0.268 e. The van der Waals surface area contributed by atoms with E-state index in [4.69, 9.17) is 23.4 Å². The second-order valence-electron chi connectivity index (χ2n) is 15.7. The van der Waals surface area contributed by atoms with Crippen molar-refractivity contribution >= 4 is 21.8 Å². The molecule has 0 spiro atoms. The van der Waals surface area contributed by atoms with Gasteiger partial charge >= 0.3 is 0 Å². The highest BCUT2D eigenvalue weighted by atomic mass is 16.5. The van der Waals surface area contributed by atoms with E-state index in [0.717, 1.165) is 27.4 Å². The number of hydrogen-bond donors (Lipinski definition) is 0.